The van der Waals surface area contributed by atoms with Crippen molar-refractivity contribution in [3.05, 3.63) is 0 Å². The number of hydrogen-bond acceptors (Lipinski definition) is 7. The Morgan fingerprint density at radius 1 is 1.60 bits per heavy atom. The van der Waals surface area contributed by atoms with Crippen molar-refractivity contribution in [2.75, 3.05) is 37.8 Å². The molecule has 1 fully saturated rings. The van der Waals surface area contributed by atoms with Gasteiger partial charge in [-0.05, 0) is 25.1 Å². The molecule has 1 amide bonds. The van der Waals surface area contributed by atoms with Crippen LogP contribution in [0.2, 0.25) is 0 Å². The SMILES string of the molecule is CCSc1nnc(NC(=O)CN2CCC[C@@H](OC)C2)s1. The van der Waals surface area contributed by atoms with Gasteiger partial charge in [-0.15, -0.1) is 10.2 Å². The van der Waals surface area contributed by atoms with E-state index in [2.05, 4.69) is 27.3 Å². The summed E-state index contributed by atoms with van der Waals surface area (Å²) < 4.78 is 6.24. The van der Waals surface area contributed by atoms with Gasteiger partial charge in [-0.1, -0.05) is 30.0 Å². The topological polar surface area (TPSA) is 67.4 Å². The van der Waals surface area contributed by atoms with Crippen molar-refractivity contribution in [3.63, 3.8) is 0 Å². The van der Waals surface area contributed by atoms with E-state index in [9.17, 15) is 4.79 Å². The zero-order valence-corrected chi connectivity index (χ0v) is 13.4. The van der Waals surface area contributed by atoms with Crippen LogP contribution >= 0.6 is 23.1 Å². The van der Waals surface area contributed by atoms with Gasteiger partial charge >= 0.3 is 0 Å². The number of hydrogen-bond donors (Lipinski definition) is 1. The largest absolute Gasteiger partial charge is 0.380 e. The van der Waals surface area contributed by atoms with Crippen LogP contribution in [-0.2, 0) is 9.53 Å². The third-order valence-electron chi connectivity index (χ3n) is 3.08. The van der Waals surface area contributed by atoms with E-state index in [1.54, 1.807) is 18.9 Å². The maximum Gasteiger partial charge on any atom is 0.240 e. The van der Waals surface area contributed by atoms with E-state index in [4.69, 9.17) is 4.74 Å². The summed E-state index contributed by atoms with van der Waals surface area (Å²) in [4.78, 5) is 14.1. The highest BCUT2D eigenvalue weighted by Crippen LogP contribution is 2.24. The average molecular weight is 316 g/mol. The standard InChI is InChI=1S/C12H20N4O2S2/c1-3-19-12-15-14-11(20-12)13-10(17)8-16-6-4-5-9(7-16)18-2/h9H,3-8H2,1-2H3,(H,13,14,17)/t9-/m1/s1. The number of piperidine rings is 1. The molecule has 0 radical (unpaired) electrons. The Morgan fingerprint density at radius 3 is 3.20 bits per heavy atom. The van der Waals surface area contributed by atoms with Crippen LogP contribution < -0.4 is 5.32 Å². The summed E-state index contributed by atoms with van der Waals surface area (Å²) in [6, 6.07) is 0. The van der Waals surface area contributed by atoms with Crippen LogP contribution in [0.15, 0.2) is 4.34 Å². The smallest absolute Gasteiger partial charge is 0.240 e. The number of methoxy groups -OCH3 is 1. The molecule has 0 saturated carbocycles. The van der Waals surface area contributed by atoms with Gasteiger partial charge in [-0.3, -0.25) is 15.0 Å². The predicted octanol–water partition coefficient (Wildman–Crippen LogP) is 1.70. The Bertz CT molecular complexity index is 441. The second-order valence-corrected chi connectivity index (χ2v) is 7.08. The Morgan fingerprint density at radius 2 is 2.45 bits per heavy atom. The summed E-state index contributed by atoms with van der Waals surface area (Å²) in [6.45, 7) is 4.21. The van der Waals surface area contributed by atoms with Gasteiger partial charge in [0.05, 0.1) is 12.6 Å². The summed E-state index contributed by atoms with van der Waals surface area (Å²) in [5, 5.41) is 11.4. The van der Waals surface area contributed by atoms with Crippen LogP contribution in [0.5, 0.6) is 0 Å². The van der Waals surface area contributed by atoms with Gasteiger partial charge in [-0.25, -0.2) is 0 Å². The van der Waals surface area contributed by atoms with E-state index in [0.29, 0.717) is 11.7 Å². The first-order valence-electron chi connectivity index (χ1n) is 6.72. The van der Waals surface area contributed by atoms with E-state index in [0.717, 1.165) is 36.0 Å². The highest BCUT2D eigenvalue weighted by Gasteiger charge is 2.21. The van der Waals surface area contributed by atoms with Crippen LogP contribution in [0.4, 0.5) is 5.13 Å². The van der Waals surface area contributed by atoms with Gasteiger partial charge in [0.25, 0.3) is 0 Å². The molecular formula is C12H20N4O2S2. The summed E-state index contributed by atoms with van der Waals surface area (Å²) in [5.41, 5.74) is 0. The van der Waals surface area contributed by atoms with Gasteiger partial charge in [0.1, 0.15) is 0 Å². The van der Waals surface area contributed by atoms with E-state index in [1.165, 1.54) is 11.3 Å². The van der Waals surface area contributed by atoms with Crippen LogP contribution in [0.3, 0.4) is 0 Å². The van der Waals surface area contributed by atoms with E-state index in [1.807, 2.05) is 0 Å². The van der Waals surface area contributed by atoms with E-state index >= 15 is 0 Å². The maximum absolute atomic E-state index is 12.0. The number of likely N-dealkylation sites (tertiary alicyclic amines) is 1. The van der Waals surface area contributed by atoms with Crippen molar-refractivity contribution in [3.8, 4) is 0 Å². The molecule has 6 nitrogen and oxygen atoms in total. The van der Waals surface area contributed by atoms with Crippen molar-refractivity contribution >= 4 is 34.1 Å². The molecule has 112 valence electrons. The summed E-state index contributed by atoms with van der Waals surface area (Å²) in [5.74, 6) is 0.917. The molecule has 2 heterocycles. The number of amides is 1. The van der Waals surface area contributed by atoms with Gasteiger partial charge in [0.15, 0.2) is 4.34 Å². The van der Waals surface area contributed by atoms with Crippen LogP contribution in [0.1, 0.15) is 19.8 Å². The quantitative estimate of drug-likeness (QED) is 0.636. The number of nitrogens with one attached hydrogen (secondary N) is 1. The number of anilines is 1. The molecular weight excluding hydrogens is 296 g/mol. The second kappa shape index (κ2) is 7.92. The highest BCUT2D eigenvalue weighted by molar-refractivity contribution is 8.01. The fourth-order valence-electron chi connectivity index (χ4n) is 2.15. The maximum atomic E-state index is 12.0. The first-order chi connectivity index (χ1) is 9.71. The van der Waals surface area contributed by atoms with Crippen LogP contribution in [0.25, 0.3) is 0 Å². The zero-order valence-electron chi connectivity index (χ0n) is 11.8. The first kappa shape index (κ1) is 15.7. The average Bonchev–Trinajstić information content (AvgIpc) is 2.86. The zero-order chi connectivity index (χ0) is 14.4. The van der Waals surface area contributed by atoms with Gasteiger partial charge in [-0.2, -0.15) is 0 Å². The molecule has 0 aliphatic carbocycles. The Kier molecular flexibility index (Phi) is 6.21. The van der Waals surface area contributed by atoms with Crippen molar-refractivity contribution in [1.82, 2.24) is 15.1 Å². The lowest BCUT2D eigenvalue weighted by Crippen LogP contribution is -2.43. The Balaban J connectivity index is 1.79. The molecule has 0 spiro atoms. The number of thioether (sulfide) groups is 1. The first-order valence-corrected chi connectivity index (χ1v) is 8.52. The molecule has 1 N–H and O–H groups in total. The molecule has 1 saturated heterocycles. The molecule has 20 heavy (non-hydrogen) atoms. The molecule has 0 unspecified atom stereocenters. The van der Waals surface area contributed by atoms with E-state index < -0.39 is 0 Å². The summed E-state index contributed by atoms with van der Waals surface area (Å²) in [7, 11) is 1.72. The van der Waals surface area contributed by atoms with Gasteiger partial charge < -0.3 is 4.74 Å². The molecule has 0 bridgehead atoms. The van der Waals surface area contributed by atoms with E-state index in [-0.39, 0.29) is 12.0 Å². The number of ether oxygens (including phenoxy) is 1. The number of aromatic nitrogens is 2. The van der Waals surface area contributed by atoms with Crippen molar-refractivity contribution < 1.29 is 9.53 Å². The second-order valence-electron chi connectivity index (χ2n) is 4.59. The van der Waals surface area contributed by atoms with Gasteiger partial charge in [0.2, 0.25) is 11.0 Å². The van der Waals surface area contributed by atoms with Crippen molar-refractivity contribution in [1.29, 1.82) is 0 Å². The minimum Gasteiger partial charge on any atom is -0.380 e. The molecule has 1 aliphatic heterocycles. The molecule has 1 aliphatic rings. The minimum atomic E-state index is -0.0362. The minimum absolute atomic E-state index is 0.0362. The van der Waals surface area contributed by atoms with Crippen molar-refractivity contribution in [2.24, 2.45) is 0 Å². The fraction of sp³-hybridized carbons (Fsp3) is 0.750. The summed E-state index contributed by atoms with van der Waals surface area (Å²) >= 11 is 3.05. The van der Waals surface area contributed by atoms with Crippen molar-refractivity contribution in [2.45, 2.75) is 30.2 Å². The molecule has 0 aromatic carbocycles. The third kappa shape index (κ3) is 4.69. The number of carbonyl (C=O) groups is 1. The highest BCUT2D eigenvalue weighted by atomic mass is 32.2. The number of rotatable bonds is 6. The lowest BCUT2D eigenvalue weighted by atomic mass is 10.1. The number of carbonyl (C=O) groups excluding carboxylic acids is 1. The third-order valence-corrected chi connectivity index (χ3v) is 4.94. The molecule has 1 atom stereocenters. The van der Waals surface area contributed by atoms with Gasteiger partial charge in [0, 0.05) is 13.7 Å². The lowest BCUT2D eigenvalue weighted by molar-refractivity contribution is -0.118. The molecule has 1 aromatic heterocycles. The lowest BCUT2D eigenvalue weighted by Gasteiger charge is -2.31. The molecule has 1 aromatic rings. The molecule has 8 heteroatoms. The van der Waals surface area contributed by atoms with Crippen LogP contribution in [0, 0.1) is 0 Å². The Labute approximate surface area is 127 Å². The van der Waals surface area contributed by atoms with Crippen LogP contribution in [-0.4, -0.2) is 59.6 Å². The molecule has 2 rings (SSSR count). The summed E-state index contributed by atoms with van der Waals surface area (Å²) in [6.07, 6.45) is 2.38. The Hall–Kier alpha value is -0.700. The predicted molar refractivity (Wildman–Crippen MR) is 81.4 cm³/mol. The monoisotopic (exact) mass is 316 g/mol. The number of nitrogens with zero attached hydrogens (tertiary/aromatic N) is 3. The normalized spacial score (nSPS) is 20.0. The fourth-order valence-corrected chi connectivity index (χ4v) is 3.82.